The van der Waals surface area contributed by atoms with E-state index in [2.05, 4.69) is 0 Å². The first-order valence-corrected chi connectivity index (χ1v) is 4.87. The molecule has 0 aliphatic carbocycles. The van der Waals surface area contributed by atoms with Gasteiger partial charge < -0.3 is 20.1 Å². The highest BCUT2D eigenvalue weighted by molar-refractivity contribution is 5.77. The fourth-order valence-corrected chi connectivity index (χ4v) is 1.38. The SMILES string of the molecule is CN(C(=O)COCCN)C1CCOC1. The van der Waals surface area contributed by atoms with Crippen molar-refractivity contribution in [1.82, 2.24) is 4.90 Å². The zero-order valence-electron chi connectivity index (χ0n) is 8.57. The van der Waals surface area contributed by atoms with E-state index in [0.29, 0.717) is 19.8 Å². The van der Waals surface area contributed by atoms with E-state index in [1.165, 1.54) is 0 Å². The first-order valence-electron chi connectivity index (χ1n) is 4.87. The Labute approximate surface area is 84.1 Å². The van der Waals surface area contributed by atoms with Gasteiger partial charge in [0.05, 0.1) is 19.3 Å². The van der Waals surface area contributed by atoms with Gasteiger partial charge in [0.2, 0.25) is 5.91 Å². The van der Waals surface area contributed by atoms with Crippen LogP contribution in [0.15, 0.2) is 0 Å². The summed E-state index contributed by atoms with van der Waals surface area (Å²) in [6.07, 6.45) is 0.916. The fourth-order valence-electron chi connectivity index (χ4n) is 1.38. The van der Waals surface area contributed by atoms with Crippen LogP contribution in [0.2, 0.25) is 0 Å². The molecule has 14 heavy (non-hydrogen) atoms. The van der Waals surface area contributed by atoms with Crippen LogP contribution in [-0.4, -0.2) is 56.9 Å². The second-order valence-electron chi connectivity index (χ2n) is 3.36. The monoisotopic (exact) mass is 202 g/mol. The van der Waals surface area contributed by atoms with Gasteiger partial charge in [0.15, 0.2) is 0 Å². The molecule has 0 aromatic carbocycles. The number of likely N-dealkylation sites (N-methyl/N-ethyl adjacent to an activating group) is 1. The van der Waals surface area contributed by atoms with E-state index in [-0.39, 0.29) is 18.6 Å². The van der Waals surface area contributed by atoms with Crippen LogP contribution < -0.4 is 5.73 Å². The highest BCUT2D eigenvalue weighted by atomic mass is 16.5. The number of nitrogens with two attached hydrogens (primary N) is 1. The zero-order chi connectivity index (χ0) is 10.4. The average molecular weight is 202 g/mol. The lowest BCUT2D eigenvalue weighted by atomic mass is 10.2. The molecule has 0 radical (unpaired) electrons. The molecule has 1 fully saturated rings. The second kappa shape index (κ2) is 5.95. The third kappa shape index (κ3) is 3.25. The molecule has 0 spiro atoms. The highest BCUT2D eigenvalue weighted by Gasteiger charge is 2.23. The van der Waals surface area contributed by atoms with E-state index in [9.17, 15) is 4.79 Å². The lowest BCUT2D eigenvalue weighted by Crippen LogP contribution is -2.39. The number of hydrogen-bond donors (Lipinski definition) is 1. The Bertz CT molecular complexity index is 181. The van der Waals surface area contributed by atoms with Crippen molar-refractivity contribution in [2.75, 3.05) is 40.0 Å². The third-order valence-electron chi connectivity index (χ3n) is 2.33. The molecule has 1 unspecified atom stereocenters. The van der Waals surface area contributed by atoms with E-state index in [1.54, 1.807) is 11.9 Å². The van der Waals surface area contributed by atoms with E-state index in [4.69, 9.17) is 15.2 Å². The van der Waals surface area contributed by atoms with Gasteiger partial charge in [-0.05, 0) is 6.42 Å². The Kier molecular flexibility index (Phi) is 4.86. The summed E-state index contributed by atoms with van der Waals surface area (Å²) in [5, 5.41) is 0. The molecular weight excluding hydrogens is 184 g/mol. The summed E-state index contributed by atoms with van der Waals surface area (Å²) >= 11 is 0. The van der Waals surface area contributed by atoms with Gasteiger partial charge in [-0.3, -0.25) is 4.79 Å². The van der Waals surface area contributed by atoms with Crippen LogP contribution in [0.4, 0.5) is 0 Å². The Morgan fingerprint density at radius 3 is 3.07 bits per heavy atom. The highest BCUT2D eigenvalue weighted by Crippen LogP contribution is 2.10. The number of ether oxygens (including phenoxy) is 2. The smallest absolute Gasteiger partial charge is 0.248 e. The molecule has 0 aromatic heterocycles. The van der Waals surface area contributed by atoms with Crippen molar-refractivity contribution >= 4 is 5.91 Å². The second-order valence-corrected chi connectivity index (χ2v) is 3.36. The third-order valence-corrected chi connectivity index (χ3v) is 2.33. The minimum Gasteiger partial charge on any atom is -0.379 e. The molecule has 1 rings (SSSR count). The number of amides is 1. The number of carbonyl (C=O) groups excluding carboxylic acids is 1. The van der Waals surface area contributed by atoms with Crippen molar-refractivity contribution in [2.24, 2.45) is 5.73 Å². The first-order chi connectivity index (χ1) is 6.75. The maximum absolute atomic E-state index is 11.5. The van der Waals surface area contributed by atoms with Gasteiger partial charge in [-0.15, -0.1) is 0 Å². The van der Waals surface area contributed by atoms with E-state index in [0.717, 1.165) is 13.0 Å². The molecule has 2 N–H and O–H groups in total. The van der Waals surface area contributed by atoms with Crippen molar-refractivity contribution < 1.29 is 14.3 Å². The minimum atomic E-state index is -0.00560. The predicted molar refractivity (Wildman–Crippen MR) is 51.9 cm³/mol. The molecule has 5 nitrogen and oxygen atoms in total. The normalized spacial score (nSPS) is 21.1. The lowest BCUT2D eigenvalue weighted by molar-refractivity contribution is -0.136. The lowest BCUT2D eigenvalue weighted by Gasteiger charge is -2.22. The fraction of sp³-hybridized carbons (Fsp3) is 0.889. The Balaban J connectivity index is 2.21. The van der Waals surface area contributed by atoms with Crippen LogP contribution in [0.3, 0.4) is 0 Å². The summed E-state index contributed by atoms with van der Waals surface area (Å²) in [5.41, 5.74) is 5.24. The molecule has 1 atom stereocenters. The summed E-state index contributed by atoms with van der Waals surface area (Å²) in [5.74, 6) is -0.00560. The minimum absolute atomic E-state index is 0.00560. The summed E-state index contributed by atoms with van der Waals surface area (Å²) in [6, 6.07) is 0.212. The Hall–Kier alpha value is -0.650. The van der Waals surface area contributed by atoms with Crippen molar-refractivity contribution in [3.8, 4) is 0 Å². The Morgan fingerprint density at radius 1 is 1.71 bits per heavy atom. The van der Waals surface area contributed by atoms with Crippen LogP contribution >= 0.6 is 0 Å². The predicted octanol–water partition coefficient (Wildman–Crippen LogP) is -0.791. The molecule has 5 heteroatoms. The van der Waals surface area contributed by atoms with Crippen molar-refractivity contribution in [2.45, 2.75) is 12.5 Å². The zero-order valence-corrected chi connectivity index (χ0v) is 8.57. The molecule has 0 aromatic rings. The number of nitrogens with zero attached hydrogens (tertiary/aromatic N) is 1. The molecule has 0 bridgehead atoms. The van der Waals surface area contributed by atoms with Crippen LogP contribution in [0.5, 0.6) is 0 Å². The van der Waals surface area contributed by atoms with E-state index in [1.807, 2.05) is 0 Å². The molecule has 1 aliphatic rings. The van der Waals surface area contributed by atoms with Crippen molar-refractivity contribution in [3.05, 3.63) is 0 Å². The molecule has 0 saturated carbocycles. The van der Waals surface area contributed by atoms with Gasteiger partial charge in [-0.1, -0.05) is 0 Å². The molecule has 82 valence electrons. The van der Waals surface area contributed by atoms with Crippen LogP contribution in [-0.2, 0) is 14.3 Å². The van der Waals surface area contributed by atoms with Crippen LogP contribution in [0.25, 0.3) is 0 Å². The summed E-state index contributed by atoms with van der Waals surface area (Å²) in [4.78, 5) is 13.2. The quantitative estimate of drug-likeness (QED) is 0.593. The van der Waals surface area contributed by atoms with Gasteiger partial charge in [0.1, 0.15) is 6.61 Å². The number of hydrogen-bond acceptors (Lipinski definition) is 4. The summed E-state index contributed by atoms with van der Waals surface area (Å²) in [7, 11) is 1.79. The van der Waals surface area contributed by atoms with Crippen molar-refractivity contribution in [3.63, 3.8) is 0 Å². The first kappa shape index (κ1) is 11.4. The molecule has 1 saturated heterocycles. The Morgan fingerprint density at radius 2 is 2.50 bits per heavy atom. The van der Waals surface area contributed by atoms with E-state index < -0.39 is 0 Å². The van der Waals surface area contributed by atoms with Gasteiger partial charge in [-0.25, -0.2) is 0 Å². The molecule has 1 amide bonds. The summed E-state index contributed by atoms with van der Waals surface area (Å²) < 4.78 is 10.3. The van der Waals surface area contributed by atoms with Gasteiger partial charge in [-0.2, -0.15) is 0 Å². The standard InChI is InChI=1S/C9H18N2O3/c1-11(8-2-4-13-6-8)9(12)7-14-5-3-10/h8H,2-7,10H2,1H3. The largest absolute Gasteiger partial charge is 0.379 e. The topological polar surface area (TPSA) is 64.8 Å². The molecule has 1 heterocycles. The van der Waals surface area contributed by atoms with Gasteiger partial charge >= 0.3 is 0 Å². The van der Waals surface area contributed by atoms with Crippen LogP contribution in [0, 0.1) is 0 Å². The molecular formula is C9H18N2O3. The number of carbonyl (C=O) groups is 1. The average Bonchev–Trinajstić information content (AvgIpc) is 2.69. The maximum Gasteiger partial charge on any atom is 0.248 e. The van der Waals surface area contributed by atoms with Crippen molar-refractivity contribution in [1.29, 1.82) is 0 Å². The summed E-state index contributed by atoms with van der Waals surface area (Å²) in [6.45, 7) is 2.37. The van der Waals surface area contributed by atoms with E-state index >= 15 is 0 Å². The number of rotatable bonds is 5. The van der Waals surface area contributed by atoms with Gasteiger partial charge in [0.25, 0.3) is 0 Å². The maximum atomic E-state index is 11.5. The van der Waals surface area contributed by atoms with Gasteiger partial charge in [0, 0.05) is 20.2 Å². The van der Waals surface area contributed by atoms with Crippen LogP contribution in [0.1, 0.15) is 6.42 Å². The molecule has 1 aliphatic heterocycles.